The quantitative estimate of drug-likeness (QED) is 0.672. The molecule has 1 aromatic rings. The molecule has 2 heteroatoms. The van der Waals surface area contributed by atoms with Crippen LogP contribution in [-0.2, 0) is 6.42 Å². The number of hydrogen-bond donors (Lipinski definition) is 2. The maximum Gasteiger partial charge on any atom is 0.0625 e. The van der Waals surface area contributed by atoms with E-state index in [0.717, 1.165) is 19.4 Å². The molecule has 2 nitrogen and oxygen atoms in total. The molecule has 1 aliphatic heterocycles. The molecule has 1 aromatic carbocycles. The van der Waals surface area contributed by atoms with E-state index in [0.29, 0.717) is 0 Å². The van der Waals surface area contributed by atoms with Crippen molar-refractivity contribution in [1.29, 1.82) is 0 Å². The van der Waals surface area contributed by atoms with E-state index >= 15 is 0 Å². The highest BCUT2D eigenvalue weighted by Gasteiger charge is 2.40. The van der Waals surface area contributed by atoms with Crippen molar-refractivity contribution in [2.24, 2.45) is 0 Å². The van der Waals surface area contributed by atoms with Crippen LogP contribution < -0.4 is 5.32 Å². The summed E-state index contributed by atoms with van der Waals surface area (Å²) >= 11 is 0. The van der Waals surface area contributed by atoms with E-state index in [4.69, 9.17) is 5.11 Å². The van der Waals surface area contributed by atoms with Gasteiger partial charge in [-0.05, 0) is 18.4 Å². The predicted molar refractivity (Wildman–Crippen MR) is 52.6 cm³/mol. The van der Waals surface area contributed by atoms with E-state index in [1.54, 1.807) is 0 Å². The van der Waals surface area contributed by atoms with Gasteiger partial charge in [0.2, 0.25) is 0 Å². The summed E-state index contributed by atoms with van der Waals surface area (Å²) in [7, 11) is 0. The highest BCUT2D eigenvalue weighted by atomic mass is 16.3. The Labute approximate surface area is 78.6 Å². The van der Waals surface area contributed by atoms with Crippen molar-refractivity contribution in [3.05, 3.63) is 35.9 Å². The molecule has 13 heavy (non-hydrogen) atoms. The fourth-order valence-electron chi connectivity index (χ4n) is 1.52. The van der Waals surface area contributed by atoms with Crippen molar-refractivity contribution in [3.8, 4) is 0 Å². The topological polar surface area (TPSA) is 42.2 Å². The Morgan fingerprint density at radius 3 is 2.54 bits per heavy atom. The molecule has 0 aromatic heterocycles. The van der Waals surface area contributed by atoms with E-state index < -0.39 is 0 Å². The summed E-state index contributed by atoms with van der Waals surface area (Å²) in [5, 5.41) is 12.3. The maximum atomic E-state index is 9.07. The number of benzene rings is 1. The predicted octanol–water partition coefficient (Wildman–Crippen LogP) is 0.954. The monoisotopic (exact) mass is 177 g/mol. The van der Waals surface area contributed by atoms with E-state index in [1.807, 2.05) is 6.07 Å². The Morgan fingerprint density at radius 1 is 1.31 bits per heavy atom. The Hall–Kier alpha value is -0.860. The molecule has 1 fully saturated rings. The molecule has 2 rings (SSSR count). The lowest BCUT2D eigenvalue weighted by molar-refractivity contribution is 0.244. The number of aliphatic hydroxyl groups is 1. The van der Waals surface area contributed by atoms with Crippen LogP contribution in [0.15, 0.2) is 30.3 Å². The highest BCUT2D eigenvalue weighted by molar-refractivity contribution is 5.16. The van der Waals surface area contributed by atoms with Gasteiger partial charge in [0.05, 0.1) is 12.1 Å². The van der Waals surface area contributed by atoms with Crippen LogP contribution in [0.1, 0.15) is 12.0 Å². The molecule has 1 heterocycles. The molecule has 0 unspecified atom stereocenters. The van der Waals surface area contributed by atoms with Crippen LogP contribution in [0, 0.1) is 0 Å². The van der Waals surface area contributed by atoms with Crippen LogP contribution in [0.5, 0.6) is 0 Å². The summed E-state index contributed by atoms with van der Waals surface area (Å²) in [5.74, 6) is 0. The molecule has 1 atom stereocenters. The molecule has 0 saturated carbocycles. The third-order valence-corrected chi connectivity index (χ3v) is 2.71. The van der Waals surface area contributed by atoms with Gasteiger partial charge >= 0.3 is 0 Å². The van der Waals surface area contributed by atoms with Crippen molar-refractivity contribution >= 4 is 0 Å². The first-order valence-electron chi connectivity index (χ1n) is 4.74. The number of hydrogen-bond acceptors (Lipinski definition) is 2. The van der Waals surface area contributed by atoms with Gasteiger partial charge in [-0.1, -0.05) is 30.3 Å². The van der Waals surface area contributed by atoms with Crippen LogP contribution >= 0.6 is 0 Å². The molecule has 70 valence electrons. The molecule has 2 N–H and O–H groups in total. The average Bonchev–Trinajstić information content (AvgIpc) is 2.97. The summed E-state index contributed by atoms with van der Waals surface area (Å²) in [6.07, 6.45) is 2.09. The van der Waals surface area contributed by atoms with Crippen LogP contribution in [-0.4, -0.2) is 23.8 Å². The third kappa shape index (κ3) is 2.08. The van der Waals surface area contributed by atoms with Gasteiger partial charge < -0.3 is 10.4 Å². The van der Waals surface area contributed by atoms with E-state index in [2.05, 4.69) is 29.6 Å². The maximum absolute atomic E-state index is 9.07. The average molecular weight is 177 g/mol. The first-order chi connectivity index (χ1) is 6.35. The van der Waals surface area contributed by atoms with Gasteiger partial charge in [-0.25, -0.2) is 0 Å². The number of aryl methyl sites for hydroxylation is 1. The normalized spacial score (nSPS) is 25.9. The summed E-state index contributed by atoms with van der Waals surface area (Å²) in [5.41, 5.74) is 1.40. The second kappa shape index (κ2) is 3.48. The first kappa shape index (κ1) is 8.73. The van der Waals surface area contributed by atoms with Crippen LogP contribution in [0.3, 0.4) is 0 Å². The van der Waals surface area contributed by atoms with Crippen molar-refractivity contribution in [2.75, 3.05) is 13.2 Å². The fraction of sp³-hybridized carbons (Fsp3) is 0.455. The largest absolute Gasteiger partial charge is 0.394 e. The fourth-order valence-corrected chi connectivity index (χ4v) is 1.52. The zero-order valence-corrected chi connectivity index (χ0v) is 7.66. The standard InChI is InChI=1S/C11H15NO/c13-9-11(8-12-11)7-6-10-4-2-1-3-5-10/h1-5,12-13H,6-9H2/t11-/m1/s1. The van der Waals surface area contributed by atoms with Gasteiger partial charge in [-0.2, -0.15) is 0 Å². The number of aliphatic hydroxyl groups excluding tert-OH is 1. The lowest BCUT2D eigenvalue weighted by Gasteiger charge is -2.09. The van der Waals surface area contributed by atoms with E-state index in [1.165, 1.54) is 5.56 Å². The van der Waals surface area contributed by atoms with Crippen molar-refractivity contribution in [2.45, 2.75) is 18.4 Å². The van der Waals surface area contributed by atoms with Gasteiger partial charge in [0.1, 0.15) is 0 Å². The van der Waals surface area contributed by atoms with Crippen molar-refractivity contribution < 1.29 is 5.11 Å². The SMILES string of the molecule is OC[C@@]1(CCc2ccccc2)CN1. The van der Waals surface area contributed by atoms with Crippen LogP contribution in [0.2, 0.25) is 0 Å². The lowest BCUT2D eigenvalue weighted by Crippen LogP contribution is -2.21. The van der Waals surface area contributed by atoms with E-state index in [9.17, 15) is 0 Å². The van der Waals surface area contributed by atoms with E-state index in [-0.39, 0.29) is 12.1 Å². The first-order valence-corrected chi connectivity index (χ1v) is 4.74. The Bertz CT molecular complexity index is 267. The molecule has 1 saturated heterocycles. The summed E-state index contributed by atoms with van der Waals surface area (Å²) in [6.45, 7) is 1.23. The molecule has 0 aliphatic carbocycles. The molecule has 0 amide bonds. The molecule has 0 bridgehead atoms. The summed E-state index contributed by atoms with van der Waals surface area (Å²) < 4.78 is 0. The van der Waals surface area contributed by atoms with Gasteiger partial charge in [-0.15, -0.1) is 0 Å². The molecular formula is C11H15NO. The smallest absolute Gasteiger partial charge is 0.0625 e. The van der Waals surface area contributed by atoms with Gasteiger partial charge in [0.25, 0.3) is 0 Å². The van der Waals surface area contributed by atoms with Crippen molar-refractivity contribution in [3.63, 3.8) is 0 Å². The zero-order chi connectivity index (χ0) is 9.15. The zero-order valence-electron chi connectivity index (χ0n) is 7.66. The highest BCUT2D eigenvalue weighted by Crippen LogP contribution is 2.22. The minimum atomic E-state index is 0.0514. The second-order valence-corrected chi connectivity index (χ2v) is 3.78. The number of rotatable bonds is 4. The molecule has 0 spiro atoms. The Balaban J connectivity index is 1.86. The summed E-state index contributed by atoms with van der Waals surface area (Å²) in [4.78, 5) is 0. The van der Waals surface area contributed by atoms with Gasteiger partial charge in [0, 0.05) is 6.54 Å². The second-order valence-electron chi connectivity index (χ2n) is 3.78. The minimum absolute atomic E-state index is 0.0514. The van der Waals surface area contributed by atoms with Crippen LogP contribution in [0.4, 0.5) is 0 Å². The Kier molecular flexibility index (Phi) is 2.34. The van der Waals surface area contributed by atoms with Crippen LogP contribution in [0.25, 0.3) is 0 Å². The number of nitrogens with one attached hydrogen (secondary N) is 1. The minimum Gasteiger partial charge on any atom is -0.394 e. The molecular weight excluding hydrogens is 162 g/mol. The Morgan fingerprint density at radius 2 is 2.00 bits per heavy atom. The molecule has 0 radical (unpaired) electrons. The van der Waals surface area contributed by atoms with Gasteiger partial charge in [0.15, 0.2) is 0 Å². The van der Waals surface area contributed by atoms with Crippen molar-refractivity contribution in [1.82, 2.24) is 5.32 Å². The lowest BCUT2D eigenvalue weighted by atomic mass is 10.0. The van der Waals surface area contributed by atoms with Gasteiger partial charge in [-0.3, -0.25) is 0 Å². The summed E-state index contributed by atoms with van der Waals surface area (Å²) in [6, 6.07) is 10.4. The molecule has 1 aliphatic rings. The third-order valence-electron chi connectivity index (χ3n) is 2.71.